The van der Waals surface area contributed by atoms with Crippen molar-refractivity contribution >= 4 is 53.6 Å². The van der Waals surface area contributed by atoms with E-state index in [1.165, 1.54) is 36.4 Å². The molecular formula is C20H16Al2N2O3. The molecule has 0 N–H and O–H groups in total. The van der Waals surface area contributed by atoms with Gasteiger partial charge in [0, 0.05) is 30.4 Å². The van der Waals surface area contributed by atoms with E-state index < -0.39 is 45.5 Å². The topological polar surface area (TPSA) is 53.5 Å². The Hall–Kier alpha value is -2.12. The quantitative estimate of drug-likeness (QED) is 0.365. The molecule has 0 spiro atoms. The fourth-order valence-corrected chi connectivity index (χ4v) is 3.52. The van der Waals surface area contributed by atoms with Crippen LogP contribution in [0.4, 0.5) is 0 Å². The number of aryl methyl sites for hydroxylation is 2. The van der Waals surface area contributed by atoms with Crippen molar-refractivity contribution in [3.63, 3.8) is 0 Å². The lowest BCUT2D eigenvalue weighted by molar-refractivity contribution is 0.420. The van der Waals surface area contributed by atoms with Crippen molar-refractivity contribution in [3.8, 4) is 11.5 Å². The van der Waals surface area contributed by atoms with E-state index in [2.05, 4.69) is 9.97 Å². The Kier molecular flexibility index (Phi) is 3.03. The lowest BCUT2D eigenvalue weighted by Crippen LogP contribution is -2.16. The molecule has 0 fully saturated rings. The Balaban J connectivity index is 1.53. The van der Waals surface area contributed by atoms with Gasteiger partial charge in [0.25, 0.3) is 0 Å². The van der Waals surface area contributed by atoms with Gasteiger partial charge in [-0.3, -0.25) is 0 Å². The van der Waals surface area contributed by atoms with Gasteiger partial charge in [0.15, 0.2) is 0 Å². The third-order valence-corrected chi connectivity index (χ3v) is 5.08. The molecule has 0 saturated heterocycles. The van der Waals surface area contributed by atoms with Gasteiger partial charge < -0.3 is 10.4 Å². The summed E-state index contributed by atoms with van der Waals surface area (Å²) >= 11 is -2.53. The van der Waals surface area contributed by atoms with Gasteiger partial charge in [0.1, 0.15) is 22.5 Å². The summed E-state index contributed by atoms with van der Waals surface area (Å²) in [6, 6.07) is 7.69. The third-order valence-electron chi connectivity index (χ3n) is 3.53. The lowest BCUT2D eigenvalue weighted by Gasteiger charge is -2.11. The van der Waals surface area contributed by atoms with Gasteiger partial charge in [-0.15, -0.1) is 0 Å². The number of hydrogen-bond acceptors (Lipinski definition) is 5. The first kappa shape index (κ1) is 9.89. The highest BCUT2D eigenvalue weighted by Crippen LogP contribution is 2.25. The van der Waals surface area contributed by atoms with Crippen LogP contribution in [-0.4, -0.2) is 41.7 Å². The highest BCUT2D eigenvalue weighted by atomic mass is 27.3. The molecule has 0 aliphatic carbocycles. The van der Waals surface area contributed by atoms with Gasteiger partial charge in [-0.25, -0.2) is 9.97 Å². The fraction of sp³-hybridized carbons (Fsp3) is 0.100. The first-order valence-corrected chi connectivity index (χ1v) is 9.61. The molecule has 0 saturated carbocycles. The summed E-state index contributed by atoms with van der Waals surface area (Å²) in [6.07, 6.45) is 0. The Bertz CT molecular complexity index is 1390. The van der Waals surface area contributed by atoms with Gasteiger partial charge >= 0.3 is 31.8 Å². The predicted molar refractivity (Wildman–Crippen MR) is 107 cm³/mol. The Morgan fingerprint density at radius 2 is 1.30 bits per heavy atom. The molecule has 0 amide bonds. The second-order valence-electron chi connectivity index (χ2n) is 5.27. The summed E-state index contributed by atoms with van der Waals surface area (Å²) in [6.45, 7) is -4.96. The highest BCUT2D eigenvalue weighted by Gasteiger charge is 2.12. The maximum Gasteiger partial charge on any atom is 0.743 e. The van der Waals surface area contributed by atoms with E-state index in [0.29, 0.717) is 10.8 Å². The van der Waals surface area contributed by atoms with Gasteiger partial charge in [-0.1, -0.05) is 36.4 Å². The van der Waals surface area contributed by atoms with Crippen molar-refractivity contribution in [2.75, 3.05) is 0 Å². The van der Waals surface area contributed by atoms with E-state index in [4.69, 9.17) is 24.1 Å². The zero-order chi connectivity index (χ0) is 27.1. The van der Waals surface area contributed by atoms with E-state index in [1.807, 2.05) is 0 Å². The second-order valence-corrected chi connectivity index (χ2v) is 7.22. The average Bonchev–Trinajstić information content (AvgIpc) is 2.80. The molecule has 7 heteroatoms. The molecule has 4 rings (SSSR count). The molecule has 0 aliphatic rings. The number of para-hydroxylation sites is 2. The van der Waals surface area contributed by atoms with Crippen molar-refractivity contribution < 1.29 is 24.1 Å². The van der Waals surface area contributed by atoms with Crippen molar-refractivity contribution in [1.82, 2.24) is 9.97 Å². The molecule has 0 bridgehead atoms. The van der Waals surface area contributed by atoms with Crippen LogP contribution in [0, 0.1) is 13.7 Å². The largest absolute Gasteiger partial charge is 0.743 e. The van der Waals surface area contributed by atoms with Gasteiger partial charge in [0.2, 0.25) is 0 Å². The molecule has 4 aromatic rings. The molecule has 27 heavy (non-hydrogen) atoms. The highest BCUT2D eigenvalue weighted by molar-refractivity contribution is 6.35. The SMILES string of the molecule is [2H]c1cc([2H])c2ccc(C([2H])([2H])[2H])nc2c1[O][Al][O][Al][O]c1c([2H])cc([2H])c2ccc(C([2H])([2H])[2H])nc12. The van der Waals surface area contributed by atoms with Gasteiger partial charge in [0.05, 0.1) is 5.48 Å². The minimum Gasteiger partial charge on any atom is -0.626 e. The summed E-state index contributed by atoms with van der Waals surface area (Å²) in [5.74, 6) is -0.0543. The van der Waals surface area contributed by atoms with Crippen molar-refractivity contribution in [3.05, 3.63) is 72.0 Å². The molecule has 2 radical (unpaired) electrons. The summed E-state index contributed by atoms with van der Waals surface area (Å²) in [4.78, 5) is 8.21. The molecule has 5 nitrogen and oxygen atoms in total. The Labute approximate surface area is 185 Å². The van der Waals surface area contributed by atoms with Crippen molar-refractivity contribution in [1.29, 1.82) is 0 Å². The van der Waals surface area contributed by atoms with E-state index in [1.54, 1.807) is 0 Å². The number of rotatable bonds is 6. The van der Waals surface area contributed by atoms with Gasteiger partial charge in [-0.05, 0) is 37.9 Å². The average molecular weight is 396 g/mol. The third kappa shape index (κ3) is 4.25. The number of hydrogen-bond donors (Lipinski definition) is 0. The molecule has 0 atom stereocenters. The van der Waals surface area contributed by atoms with E-state index in [0.717, 1.165) is 0 Å². The fourth-order valence-electron chi connectivity index (χ4n) is 2.35. The maximum atomic E-state index is 8.15. The van der Waals surface area contributed by atoms with Crippen LogP contribution < -0.4 is 7.58 Å². The van der Waals surface area contributed by atoms with Crippen molar-refractivity contribution in [2.24, 2.45) is 0 Å². The number of aromatic nitrogens is 2. The molecule has 2 aromatic heterocycles. The Morgan fingerprint density at radius 3 is 1.78 bits per heavy atom. The van der Waals surface area contributed by atoms with Crippen LogP contribution in [0.15, 0.2) is 60.6 Å². The molecule has 2 aromatic carbocycles. The summed E-state index contributed by atoms with van der Waals surface area (Å²) in [7, 11) is 0. The van der Waals surface area contributed by atoms with E-state index in [-0.39, 0.29) is 58.1 Å². The van der Waals surface area contributed by atoms with E-state index >= 15 is 0 Å². The number of fused-ring (bicyclic) bond motifs is 2. The van der Waals surface area contributed by atoms with E-state index in [9.17, 15) is 0 Å². The predicted octanol–water partition coefficient (Wildman–Crippen LogP) is 3.94. The molecule has 2 heterocycles. The van der Waals surface area contributed by atoms with Crippen LogP contribution in [0.5, 0.6) is 11.5 Å². The summed E-state index contributed by atoms with van der Waals surface area (Å²) in [5, 5.41) is 0.637. The monoisotopic (exact) mass is 396 g/mol. The maximum absolute atomic E-state index is 8.15. The second kappa shape index (κ2) is 8.27. The van der Waals surface area contributed by atoms with Crippen LogP contribution in [0.1, 0.15) is 25.1 Å². The first-order valence-electron chi connectivity index (χ1n) is 12.7. The first-order chi connectivity index (χ1) is 17.3. The van der Waals surface area contributed by atoms with Gasteiger partial charge in [-0.2, -0.15) is 0 Å². The minimum absolute atomic E-state index is 0.00145. The van der Waals surface area contributed by atoms with Crippen molar-refractivity contribution in [2.45, 2.75) is 13.7 Å². The zero-order valence-corrected chi connectivity index (χ0v) is 16.0. The molecule has 0 unspecified atom stereocenters. The number of pyridine rings is 2. The molecule has 0 aliphatic heterocycles. The summed E-state index contributed by atoms with van der Waals surface area (Å²) in [5.41, 5.74) is -0.275. The van der Waals surface area contributed by atoms with Crippen LogP contribution in [-0.2, 0) is 2.84 Å². The normalized spacial score (nSPS) is 17.0. The number of nitrogens with zero attached hydrogens (tertiary/aromatic N) is 2. The Morgan fingerprint density at radius 1 is 0.778 bits per heavy atom. The zero-order valence-electron chi connectivity index (χ0n) is 23.7. The van der Waals surface area contributed by atoms with Crippen LogP contribution in [0.25, 0.3) is 21.8 Å². The smallest absolute Gasteiger partial charge is 0.626 e. The summed E-state index contributed by atoms with van der Waals surface area (Å²) < 4.78 is 94.6. The molecular weight excluding hydrogens is 370 g/mol. The molecule has 130 valence electrons. The standard InChI is InChI=1S/2C10H9NO.2Al.O/c2*1-7-5-6-8-3-2-4-9(12)10(8)11-7;;;/h2*2-6,12H,1H3;;;/q;;2*+1;/p-2/i2*1D3,3D,4D;;;. The number of benzene rings is 2. The van der Waals surface area contributed by atoms with Crippen LogP contribution in [0.3, 0.4) is 0 Å². The van der Waals surface area contributed by atoms with Crippen LogP contribution >= 0.6 is 0 Å². The lowest BCUT2D eigenvalue weighted by atomic mass is 10.2. The minimum atomic E-state index is -2.48. The van der Waals surface area contributed by atoms with Crippen LogP contribution in [0.2, 0.25) is 0 Å².